The molecule has 1 aromatic heterocycles. The maximum Gasteiger partial charge on any atom is 0.133 e. The normalized spacial score (nSPS) is 12.4. The van der Waals surface area contributed by atoms with Crippen molar-refractivity contribution in [1.29, 1.82) is 0 Å². The lowest BCUT2D eigenvalue weighted by atomic mass is 10.1. The van der Waals surface area contributed by atoms with Gasteiger partial charge in [0.2, 0.25) is 0 Å². The molecule has 18 heavy (non-hydrogen) atoms. The van der Waals surface area contributed by atoms with Crippen molar-refractivity contribution in [3.05, 3.63) is 30.5 Å². The highest BCUT2D eigenvalue weighted by atomic mass is 16.5. The van der Waals surface area contributed by atoms with E-state index in [2.05, 4.69) is 30.2 Å². The minimum Gasteiger partial charge on any atom is -0.496 e. The number of anilines is 1. The number of aromatic nitrogens is 1. The average Bonchev–Trinajstić information content (AvgIpc) is 2.43. The molecule has 1 atom stereocenters. The molecule has 0 spiro atoms. The second kappa shape index (κ2) is 5.71. The van der Waals surface area contributed by atoms with Crippen molar-refractivity contribution in [3.63, 3.8) is 0 Å². The zero-order valence-electron chi connectivity index (χ0n) is 11.2. The molecule has 0 fully saturated rings. The fourth-order valence-electron chi connectivity index (χ4n) is 1.91. The van der Waals surface area contributed by atoms with Crippen molar-refractivity contribution in [2.75, 3.05) is 19.0 Å². The number of rotatable bonds is 5. The minimum atomic E-state index is 0.646. The lowest BCUT2D eigenvalue weighted by molar-refractivity contribution is 0.420. The van der Waals surface area contributed by atoms with Gasteiger partial charge < -0.3 is 10.1 Å². The summed E-state index contributed by atoms with van der Waals surface area (Å²) in [7, 11) is 1.70. The first-order chi connectivity index (χ1) is 8.76. The summed E-state index contributed by atoms with van der Waals surface area (Å²) in [6, 6.07) is 8.03. The smallest absolute Gasteiger partial charge is 0.133 e. The van der Waals surface area contributed by atoms with E-state index in [-0.39, 0.29) is 0 Å². The third-order valence-corrected chi connectivity index (χ3v) is 3.30. The lowest BCUT2D eigenvalue weighted by Crippen LogP contribution is -2.11. The second-order valence-corrected chi connectivity index (χ2v) is 4.61. The molecule has 1 N–H and O–H groups in total. The summed E-state index contributed by atoms with van der Waals surface area (Å²) < 4.78 is 5.37. The number of pyridine rings is 1. The van der Waals surface area contributed by atoms with Gasteiger partial charge in [-0.2, -0.15) is 0 Å². The van der Waals surface area contributed by atoms with Crippen molar-refractivity contribution in [3.8, 4) is 5.75 Å². The van der Waals surface area contributed by atoms with Crippen LogP contribution in [0.5, 0.6) is 5.75 Å². The highest BCUT2D eigenvalue weighted by Gasteiger charge is 2.06. The maximum absolute atomic E-state index is 5.37. The molecule has 2 rings (SSSR count). The Morgan fingerprint density at radius 1 is 1.28 bits per heavy atom. The van der Waals surface area contributed by atoms with Crippen molar-refractivity contribution in [2.24, 2.45) is 5.92 Å². The third-order valence-electron chi connectivity index (χ3n) is 3.30. The molecule has 0 aliphatic rings. The van der Waals surface area contributed by atoms with Crippen LogP contribution in [0.1, 0.15) is 20.3 Å². The molecule has 2 aromatic rings. The van der Waals surface area contributed by atoms with E-state index >= 15 is 0 Å². The van der Waals surface area contributed by atoms with Crippen molar-refractivity contribution < 1.29 is 4.74 Å². The molecule has 0 radical (unpaired) electrons. The fourth-order valence-corrected chi connectivity index (χ4v) is 1.91. The largest absolute Gasteiger partial charge is 0.496 e. The van der Waals surface area contributed by atoms with Gasteiger partial charge in [0.25, 0.3) is 0 Å². The SMILES string of the molecule is CCC(C)CNc1nccc2c(OC)cccc12. The van der Waals surface area contributed by atoms with Gasteiger partial charge in [-0.25, -0.2) is 4.98 Å². The van der Waals surface area contributed by atoms with E-state index in [1.165, 1.54) is 6.42 Å². The predicted molar refractivity (Wildman–Crippen MR) is 76.2 cm³/mol. The second-order valence-electron chi connectivity index (χ2n) is 4.61. The molecule has 0 saturated heterocycles. The van der Waals surface area contributed by atoms with Crippen LogP contribution >= 0.6 is 0 Å². The van der Waals surface area contributed by atoms with Gasteiger partial charge in [-0.05, 0) is 18.1 Å². The molecule has 1 heterocycles. The zero-order valence-corrected chi connectivity index (χ0v) is 11.2. The Balaban J connectivity index is 2.34. The predicted octanol–water partition coefficient (Wildman–Crippen LogP) is 3.70. The number of ether oxygens (including phenoxy) is 1. The molecule has 1 aromatic carbocycles. The molecule has 0 aliphatic carbocycles. The highest BCUT2D eigenvalue weighted by Crippen LogP contribution is 2.29. The summed E-state index contributed by atoms with van der Waals surface area (Å²) in [4.78, 5) is 4.42. The first-order valence-corrected chi connectivity index (χ1v) is 6.41. The van der Waals surface area contributed by atoms with Crippen LogP contribution in [0.2, 0.25) is 0 Å². The van der Waals surface area contributed by atoms with E-state index in [0.717, 1.165) is 28.9 Å². The molecular weight excluding hydrogens is 224 g/mol. The first kappa shape index (κ1) is 12.7. The Hall–Kier alpha value is -1.77. The Morgan fingerprint density at radius 2 is 2.11 bits per heavy atom. The van der Waals surface area contributed by atoms with Gasteiger partial charge in [-0.15, -0.1) is 0 Å². The quantitative estimate of drug-likeness (QED) is 0.870. The summed E-state index contributed by atoms with van der Waals surface area (Å²) in [5.74, 6) is 2.47. The number of benzene rings is 1. The van der Waals surface area contributed by atoms with Crippen molar-refractivity contribution in [2.45, 2.75) is 20.3 Å². The molecule has 1 unspecified atom stereocenters. The first-order valence-electron chi connectivity index (χ1n) is 6.41. The number of hydrogen-bond acceptors (Lipinski definition) is 3. The Morgan fingerprint density at radius 3 is 2.83 bits per heavy atom. The van der Waals surface area contributed by atoms with Crippen LogP contribution in [0.4, 0.5) is 5.82 Å². The van der Waals surface area contributed by atoms with E-state index in [0.29, 0.717) is 5.92 Å². The van der Waals surface area contributed by atoms with Crippen LogP contribution in [0.3, 0.4) is 0 Å². The summed E-state index contributed by atoms with van der Waals surface area (Å²) in [5, 5.41) is 5.63. The van der Waals surface area contributed by atoms with Crippen molar-refractivity contribution in [1.82, 2.24) is 4.98 Å². The monoisotopic (exact) mass is 244 g/mol. The Labute approximate surface area is 108 Å². The number of fused-ring (bicyclic) bond motifs is 1. The number of hydrogen-bond donors (Lipinski definition) is 1. The van der Waals surface area contributed by atoms with E-state index in [1.54, 1.807) is 7.11 Å². The van der Waals surface area contributed by atoms with Crippen LogP contribution in [0, 0.1) is 5.92 Å². The topological polar surface area (TPSA) is 34.2 Å². The highest BCUT2D eigenvalue weighted by molar-refractivity contribution is 5.95. The molecule has 0 bridgehead atoms. The van der Waals surface area contributed by atoms with Crippen LogP contribution < -0.4 is 10.1 Å². The van der Waals surface area contributed by atoms with Crippen LogP contribution in [-0.4, -0.2) is 18.6 Å². The number of nitrogens with one attached hydrogen (secondary N) is 1. The summed E-state index contributed by atoms with van der Waals surface area (Å²) >= 11 is 0. The standard InChI is InChI=1S/C15H20N2O/c1-4-11(2)10-17-15-13-6-5-7-14(18-3)12(13)8-9-16-15/h5-9,11H,4,10H2,1-3H3,(H,16,17). The summed E-state index contributed by atoms with van der Waals surface area (Å²) in [6.45, 7) is 5.38. The maximum atomic E-state index is 5.37. The van der Waals surface area contributed by atoms with Gasteiger partial charge >= 0.3 is 0 Å². The van der Waals surface area contributed by atoms with Gasteiger partial charge in [-0.3, -0.25) is 0 Å². The zero-order chi connectivity index (χ0) is 13.0. The molecule has 3 nitrogen and oxygen atoms in total. The van der Waals surface area contributed by atoms with Gasteiger partial charge in [0, 0.05) is 23.5 Å². The van der Waals surface area contributed by atoms with Crippen LogP contribution in [0.15, 0.2) is 30.5 Å². The number of methoxy groups -OCH3 is 1. The molecule has 0 saturated carbocycles. The molecular formula is C15H20N2O. The van der Waals surface area contributed by atoms with Gasteiger partial charge in [0.1, 0.15) is 11.6 Å². The van der Waals surface area contributed by atoms with E-state index in [1.807, 2.05) is 24.4 Å². The van der Waals surface area contributed by atoms with Gasteiger partial charge in [0.05, 0.1) is 7.11 Å². The van der Waals surface area contributed by atoms with E-state index in [4.69, 9.17) is 4.74 Å². The third kappa shape index (κ3) is 2.55. The van der Waals surface area contributed by atoms with E-state index < -0.39 is 0 Å². The molecule has 3 heteroatoms. The number of nitrogens with zero attached hydrogens (tertiary/aromatic N) is 1. The van der Waals surface area contributed by atoms with E-state index in [9.17, 15) is 0 Å². The Bertz CT molecular complexity index is 525. The van der Waals surface area contributed by atoms with Crippen LogP contribution in [0.25, 0.3) is 10.8 Å². The van der Waals surface area contributed by atoms with Crippen LogP contribution in [-0.2, 0) is 0 Å². The van der Waals surface area contributed by atoms with Gasteiger partial charge in [-0.1, -0.05) is 32.4 Å². The van der Waals surface area contributed by atoms with Gasteiger partial charge in [0.15, 0.2) is 0 Å². The molecule has 96 valence electrons. The summed E-state index contributed by atoms with van der Waals surface area (Å²) in [5.41, 5.74) is 0. The summed E-state index contributed by atoms with van der Waals surface area (Å²) in [6.07, 6.45) is 2.99. The molecule has 0 aliphatic heterocycles. The molecule has 0 amide bonds. The average molecular weight is 244 g/mol. The van der Waals surface area contributed by atoms with Crippen molar-refractivity contribution >= 4 is 16.6 Å². The Kier molecular flexibility index (Phi) is 4.03. The lowest BCUT2D eigenvalue weighted by Gasteiger charge is -2.13. The minimum absolute atomic E-state index is 0.646. The fraction of sp³-hybridized carbons (Fsp3) is 0.400.